The minimum Gasteiger partial charge on any atom is -0.468 e. The van der Waals surface area contributed by atoms with E-state index in [1.165, 1.54) is 6.92 Å². The van der Waals surface area contributed by atoms with Crippen molar-refractivity contribution in [3.05, 3.63) is 46.7 Å². The lowest BCUT2D eigenvalue weighted by atomic mass is 10.0. The Morgan fingerprint density at radius 3 is 2.45 bits per heavy atom. The predicted molar refractivity (Wildman–Crippen MR) is 84.3 cm³/mol. The first-order valence-corrected chi connectivity index (χ1v) is 7.36. The number of nitrogens with one attached hydrogen (secondary N) is 2. The molecule has 0 unspecified atom stereocenters. The van der Waals surface area contributed by atoms with E-state index in [0.29, 0.717) is 16.8 Å². The maximum Gasteiger partial charge on any atom is 0.195 e. The van der Waals surface area contributed by atoms with Gasteiger partial charge in [-0.2, -0.15) is 0 Å². The highest BCUT2D eigenvalue weighted by Crippen LogP contribution is 2.21. The number of hydrogen-bond donors (Lipinski definition) is 2. The van der Waals surface area contributed by atoms with E-state index in [9.17, 15) is 9.59 Å². The number of carbonyl (C=O) groups excluding carboxylic acids is 2. The number of carbonyl (C=O) groups is 2. The number of aryl methyl sites for hydroxylation is 1. The molecule has 2 aromatic rings. The summed E-state index contributed by atoms with van der Waals surface area (Å²) in [6.07, 6.45) is 1.61. The van der Waals surface area contributed by atoms with Gasteiger partial charge in [0.2, 0.25) is 0 Å². The summed E-state index contributed by atoms with van der Waals surface area (Å²) in [5, 5.41) is 3.22. The minimum absolute atomic E-state index is 0.0325. The van der Waals surface area contributed by atoms with Crippen molar-refractivity contribution in [2.75, 3.05) is 0 Å². The van der Waals surface area contributed by atoms with Crippen molar-refractivity contribution in [3.63, 3.8) is 0 Å². The molecule has 0 saturated carbocycles. The van der Waals surface area contributed by atoms with Crippen molar-refractivity contribution in [3.8, 4) is 0 Å². The molecule has 22 heavy (non-hydrogen) atoms. The molecular formula is C17H22N2O3. The Bertz CT molecular complexity index is 683. The second-order valence-electron chi connectivity index (χ2n) is 5.67. The third-order valence-electron chi connectivity index (χ3n) is 3.90. The summed E-state index contributed by atoms with van der Waals surface area (Å²) in [5.41, 5.74) is 2.55. The smallest absolute Gasteiger partial charge is 0.195 e. The maximum absolute atomic E-state index is 12.6. The van der Waals surface area contributed by atoms with Crippen LogP contribution in [0.1, 0.15) is 64.7 Å². The summed E-state index contributed by atoms with van der Waals surface area (Å²) in [6, 6.07) is 3.22. The summed E-state index contributed by atoms with van der Waals surface area (Å²) < 4.78 is 5.33. The van der Waals surface area contributed by atoms with Crippen LogP contribution in [-0.2, 0) is 0 Å². The molecular weight excluding hydrogens is 280 g/mol. The lowest BCUT2D eigenvalue weighted by Crippen LogP contribution is -2.36. The minimum atomic E-state index is -0.392. The molecule has 0 spiro atoms. The van der Waals surface area contributed by atoms with E-state index in [0.717, 1.165) is 11.5 Å². The lowest BCUT2D eigenvalue weighted by molar-refractivity contribution is 0.0938. The molecule has 0 aliphatic rings. The average Bonchev–Trinajstić information content (AvgIpc) is 3.05. The standard InChI is InChI=1S/C17H22N2O3/c1-9-15(13(5)20)11(3)19-16(9)17(21)12(4)18-10(2)14-7-6-8-22-14/h6-8,10,12,18-19H,1-5H3/t10-,12-/m1/s1. The number of H-pyrrole nitrogens is 1. The summed E-state index contributed by atoms with van der Waals surface area (Å²) in [7, 11) is 0. The molecule has 0 aliphatic carbocycles. The second kappa shape index (κ2) is 6.32. The molecule has 2 aromatic heterocycles. The fourth-order valence-corrected chi connectivity index (χ4v) is 2.81. The van der Waals surface area contributed by atoms with Gasteiger partial charge in [-0.25, -0.2) is 0 Å². The molecule has 0 saturated heterocycles. The van der Waals surface area contributed by atoms with E-state index in [2.05, 4.69) is 10.3 Å². The zero-order valence-corrected chi connectivity index (χ0v) is 13.6. The molecule has 0 aliphatic heterocycles. The molecule has 2 heterocycles. The first-order chi connectivity index (χ1) is 10.3. The van der Waals surface area contributed by atoms with Crippen molar-refractivity contribution in [2.24, 2.45) is 0 Å². The monoisotopic (exact) mass is 302 g/mol. The highest BCUT2D eigenvalue weighted by molar-refractivity contribution is 6.05. The first kappa shape index (κ1) is 16.2. The fraction of sp³-hybridized carbons (Fsp3) is 0.412. The zero-order valence-electron chi connectivity index (χ0n) is 13.6. The normalized spacial score (nSPS) is 13.9. The van der Waals surface area contributed by atoms with Crippen LogP contribution in [0.2, 0.25) is 0 Å². The molecule has 2 N–H and O–H groups in total. The van der Waals surface area contributed by atoms with E-state index in [4.69, 9.17) is 4.42 Å². The third-order valence-corrected chi connectivity index (χ3v) is 3.90. The van der Waals surface area contributed by atoms with Gasteiger partial charge in [-0.05, 0) is 52.3 Å². The van der Waals surface area contributed by atoms with E-state index in [-0.39, 0.29) is 17.6 Å². The Morgan fingerprint density at radius 1 is 1.27 bits per heavy atom. The van der Waals surface area contributed by atoms with Crippen LogP contribution in [0.4, 0.5) is 0 Å². The van der Waals surface area contributed by atoms with E-state index in [1.807, 2.05) is 32.9 Å². The van der Waals surface area contributed by atoms with Crippen molar-refractivity contribution in [1.82, 2.24) is 10.3 Å². The van der Waals surface area contributed by atoms with Crippen LogP contribution in [0.5, 0.6) is 0 Å². The molecule has 2 atom stereocenters. The SMILES string of the molecule is CC(=O)c1c(C)[nH]c(C(=O)[C@@H](C)N[C@H](C)c2ccco2)c1C. The van der Waals surface area contributed by atoms with Crippen LogP contribution in [0.3, 0.4) is 0 Å². The summed E-state index contributed by atoms with van der Waals surface area (Å²) in [5.74, 6) is 0.685. The number of rotatable bonds is 6. The largest absolute Gasteiger partial charge is 0.468 e. The Morgan fingerprint density at radius 2 is 1.95 bits per heavy atom. The number of furan rings is 1. The molecule has 0 bridgehead atoms. The van der Waals surface area contributed by atoms with Gasteiger partial charge in [0.25, 0.3) is 0 Å². The zero-order chi connectivity index (χ0) is 16.4. The van der Waals surface area contributed by atoms with Gasteiger partial charge in [0.1, 0.15) is 5.76 Å². The Kier molecular flexibility index (Phi) is 4.66. The number of Topliss-reactive ketones (excluding diaryl/α,β-unsaturated/α-hetero) is 2. The topological polar surface area (TPSA) is 75.1 Å². The van der Waals surface area contributed by atoms with Gasteiger partial charge in [0.15, 0.2) is 11.6 Å². The summed E-state index contributed by atoms with van der Waals surface area (Å²) in [6.45, 7) is 8.87. The molecule has 2 rings (SSSR count). The van der Waals surface area contributed by atoms with Gasteiger partial charge in [0, 0.05) is 11.3 Å². The van der Waals surface area contributed by atoms with Crippen molar-refractivity contribution in [1.29, 1.82) is 0 Å². The van der Waals surface area contributed by atoms with Gasteiger partial charge in [-0.15, -0.1) is 0 Å². The van der Waals surface area contributed by atoms with Gasteiger partial charge in [-0.3, -0.25) is 14.9 Å². The van der Waals surface area contributed by atoms with Crippen LogP contribution in [0.15, 0.2) is 22.8 Å². The van der Waals surface area contributed by atoms with Gasteiger partial charge in [0.05, 0.1) is 24.0 Å². The number of ketones is 2. The van der Waals surface area contributed by atoms with Crippen LogP contribution in [-0.4, -0.2) is 22.6 Å². The maximum atomic E-state index is 12.6. The predicted octanol–water partition coefficient (Wildman–Crippen LogP) is 3.35. The van der Waals surface area contributed by atoms with Crippen LogP contribution in [0.25, 0.3) is 0 Å². The molecule has 118 valence electrons. The van der Waals surface area contributed by atoms with Gasteiger partial charge >= 0.3 is 0 Å². The Labute approximate surface area is 130 Å². The van der Waals surface area contributed by atoms with Gasteiger partial charge < -0.3 is 9.40 Å². The highest BCUT2D eigenvalue weighted by atomic mass is 16.3. The second-order valence-corrected chi connectivity index (χ2v) is 5.67. The third kappa shape index (κ3) is 3.04. The fourth-order valence-electron chi connectivity index (χ4n) is 2.81. The summed E-state index contributed by atoms with van der Waals surface area (Å²) in [4.78, 5) is 27.3. The Hall–Kier alpha value is -2.14. The summed E-state index contributed by atoms with van der Waals surface area (Å²) >= 11 is 0. The van der Waals surface area contributed by atoms with Crippen molar-refractivity contribution in [2.45, 2.75) is 46.7 Å². The molecule has 0 fully saturated rings. The molecule has 0 radical (unpaired) electrons. The average molecular weight is 302 g/mol. The Balaban J connectivity index is 2.18. The number of aromatic amines is 1. The van der Waals surface area contributed by atoms with E-state index < -0.39 is 6.04 Å². The van der Waals surface area contributed by atoms with Crippen molar-refractivity contribution >= 4 is 11.6 Å². The highest BCUT2D eigenvalue weighted by Gasteiger charge is 2.25. The van der Waals surface area contributed by atoms with E-state index in [1.54, 1.807) is 13.2 Å². The lowest BCUT2D eigenvalue weighted by Gasteiger charge is -2.17. The molecule has 5 nitrogen and oxygen atoms in total. The molecule has 0 amide bonds. The molecule has 0 aromatic carbocycles. The number of hydrogen-bond acceptors (Lipinski definition) is 4. The first-order valence-electron chi connectivity index (χ1n) is 7.36. The van der Waals surface area contributed by atoms with Crippen molar-refractivity contribution < 1.29 is 14.0 Å². The van der Waals surface area contributed by atoms with E-state index >= 15 is 0 Å². The molecule has 5 heteroatoms. The van der Waals surface area contributed by atoms with Crippen LogP contribution < -0.4 is 5.32 Å². The van der Waals surface area contributed by atoms with Crippen LogP contribution >= 0.6 is 0 Å². The van der Waals surface area contributed by atoms with Gasteiger partial charge in [-0.1, -0.05) is 0 Å². The number of aromatic nitrogens is 1. The quantitative estimate of drug-likeness (QED) is 0.802. The van der Waals surface area contributed by atoms with Crippen LogP contribution in [0, 0.1) is 13.8 Å².